The number of halogens is 5. The van der Waals surface area contributed by atoms with Gasteiger partial charge in [-0.15, -0.1) is 5.10 Å². The summed E-state index contributed by atoms with van der Waals surface area (Å²) in [6.07, 6.45) is -9.85. The molecule has 4 aromatic carbocycles. The lowest BCUT2D eigenvalue weighted by molar-refractivity contribution is -0.360. The van der Waals surface area contributed by atoms with Crippen molar-refractivity contribution in [2.75, 3.05) is 16.0 Å². The minimum absolute atomic E-state index is 0.147. The average Bonchev–Trinajstić information content (AvgIpc) is 3.65. The van der Waals surface area contributed by atoms with E-state index in [-0.39, 0.29) is 22.7 Å². The van der Waals surface area contributed by atoms with Crippen LogP contribution in [0.5, 0.6) is 5.75 Å². The number of urea groups is 1. The molecule has 1 saturated heterocycles. The number of carbonyl (C=O) groups excluding carboxylic acids is 2. The van der Waals surface area contributed by atoms with Crippen LogP contribution < -0.4 is 15.0 Å². The number of anilines is 2. The zero-order chi connectivity index (χ0) is 32.6. The molecule has 0 aliphatic carbocycles. The highest BCUT2D eigenvalue weighted by Gasteiger charge is 2.61. The number of amides is 3. The van der Waals surface area contributed by atoms with Crippen molar-refractivity contribution in [1.29, 1.82) is 0 Å². The molecule has 6 rings (SSSR count). The SMILES string of the molecule is Cc1cc(-c2ncn(-c3ccc(OC(F)(F)C(F)(F)F)cc3)n2)ccc1NC(=O)N=C1SCC(=O)N1c1cccc2ccccc12. The number of ether oxygens (including phenoxy) is 1. The first-order valence-electron chi connectivity index (χ1n) is 13.5. The molecule has 0 bridgehead atoms. The maximum atomic E-state index is 13.2. The van der Waals surface area contributed by atoms with Crippen LogP contribution in [0.2, 0.25) is 0 Å². The van der Waals surface area contributed by atoms with Gasteiger partial charge in [0, 0.05) is 16.6 Å². The van der Waals surface area contributed by atoms with Gasteiger partial charge in [-0.1, -0.05) is 48.2 Å². The van der Waals surface area contributed by atoms with E-state index in [9.17, 15) is 31.5 Å². The van der Waals surface area contributed by atoms with Crippen molar-refractivity contribution in [3.8, 4) is 22.8 Å². The fourth-order valence-electron chi connectivity index (χ4n) is 4.65. The highest BCUT2D eigenvalue weighted by Crippen LogP contribution is 2.37. The van der Waals surface area contributed by atoms with Crippen LogP contribution in [0.15, 0.2) is 96.2 Å². The van der Waals surface area contributed by atoms with Gasteiger partial charge in [0.1, 0.15) is 12.1 Å². The van der Waals surface area contributed by atoms with E-state index in [1.807, 2.05) is 36.4 Å². The molecule has 2 heterocycles. The molecule has 0 spiro atoms. The van der Waals surface area contributed by atoms with Crippen molar-refractivity contribution < 1.29 is 36.3 Å². The van der Waals surface area contributed by atoms with Gasteiger partial charge in [-0.25, -0.2) is 14.5 Å². The van der Waals surface area contributed by atoms with Crippen LogP contribution in [0.25, 0.3) is 27.8 Å². The Morgan fingerprint density at radius 2 is 1.72 bits per heavy atom. The van der Waals surface area contributed by atoms with Crippen molar-refractivity contribution in [3.63, 3.8) is 0 Å². The third-order valence-electron chi connectivity index (χ3n) is 6.87. The number of nitrogens with one attached hydrogen (secondary N) is 1. The van der Waals surface area contributed by atoms with E-state index in [1.165, 1.54) is 39.8 Å². The first-order chi connectivity index (χ1) is 21.9. The minimum atomic E-state index is -5.86. The fourth-order valence-corrected chi connectivity index (χ4v) is 5.51. The molecule has 234 valence electrons. The predicted molar refractivity (Wildman–Crippen MR) is 164 cm³/mol. The lowest BCUT2D eigenvalue weighted by atomic mass is 10.1. The topological polar surface area (TPSA) is 102 Å². The van der Waals surface area contributed by atoms with Gasteiger partial charge in [0.05, 0.1) is 17.1 Å². The summed E-state index contributed by atoms with van der Waals surface area (Å²) in [5.74, 6) is -0.428. The number of benzene rings is 4. The number of aromatic nitrogens is 3. The van der Waals surface area contributed by atoms with E-state index >= 15 is 0 Å². The van der Waals surface area contributed by atoms with Gasteiger partial charge < -0.3 is 10.1 Å². The van der Waals surface area contributed by atoms with Gasteiger partial charge in [0.25, 0.3) is 0 Å². The highest BCUT2D eigenvalue weighted by atomic mass is 32.2. The maximum absolute atomic E-state index is 13.2. The Hall–Kier alpha value is -5.31. The van der Waals surface area contributed by atoms with Crippen molar-refractivity contribution in [2.24, 2.45) is 4.99 Å². The number of amidine groups is 1. The first-order valence-corrected chi connectivity index (χ1v) is 14.5. The van der Waals surface area contributed by atoms with E-state index in [1.54, 1.807) is 31.2 Å². The summed E-state index contributed by atoms with van der Waals surface area (Å²) in [5, 5.41) is 9.15. The van der Waals surface area contributed by atoms with Crippen LogP contribution in [-0.4, -0.2) is 49.9 Å². The summed E-state index contributed by atoms with van der Waals surface area (Å²) in [4.78, 5) is 35.6. The number of rotatable bonds is 6. The van der Waals surface area contributed by atoms with Gasteiger partial charge in [-0.3, -0.25) is 9.69 Å². The van der Waals surface area contributed by atoms with Crippen molar-refractivity contribution in [2.45, 2.75) is 19.2 Å². The summed E-state index contributed by atoms with van der Waals surface area (Å²) in [6.45, 7) is 1.76. The van der Waals surface area contributed by atoms with E-state index in [2.05, 4.69) is 25.1 Å². The lowest BCUT2D eigenvalue weighted by Crippen LogP contribution is -2.41. The molecule has 1 aromatic heterocycles. The standard InChI is InChI=1S/C31H21F5N6O3S/c1-18-15-20(27-37-17-41(40-27)21-10-12-22(13-11-21)45-31(35,36)30(32,33)34)9-14-24(18)38-28(44)39-29-42(26(43)16-46-29)25-8-4-6-19-5-2-3-7-23(19)25/h2-15,17H,16H2,1H3,(H,38,44). The first kappa shape index (κ1) is 30.7. The number of thioether (sulfide) groups is 1. The summed E-state index contributed by atoms with van der Waals surface area (Å²) in [7, 11) is 0. The number of alkyl halides is 5. The summed E-state index contributed by atoms with van der Waals surface area (Å²) >= 11 is 1.17. The molecule has 5 aromatic rings. The molecule has 1 aliphatic heterocycles. The smallest absolute Gasteiger partial charge is 0.426 e. The molecule has 0 unspecified atom stereocenters. The molecular formula is C31H21F5N6O3S. The second kappa shape index (κ2) is 11.9. The largest absolute Gasteiger partial charge is 0.499 e. The monoisotopic (exact) mass is 652 g/mol. The molecule has 1 aliphatic rings. The van der Waals surface area contributed by atoms with Gasteiger partial charge in [-0.05, 0) is 66.4 Å². The quantitative estimate of drug-likeness (QED) is 0.190. The van der Waals surface area contributed by atoms with Crippen LogP contribution in [0.4, 0.5) is 38.1 Å². The van der Waals surface area contributed by atoms with Crippen LogP contribution in [-0.2, 0) is 4.79 Å². The number of fused-ring (bicyclic) bond motifs is 1. The Kier molecular flexibility index (Phi) is 7.94. The molecular weight excluding hydrogens is 631 g/mol. The summed E-state index contributed by atoms with van der Waals surface area (Å²) in [5.41, 5.74) is 2.69. The zero-order valence-electron chi connectivity index (χ0n) is 23.6. The molecule has 0 atom stereocenters. The van der Waals surface area contributed by atoms with E-state index in [0.717, 1.165) is 22.9 Å². The number of aliphatic imine (C=N–C) groups is 1. The van der Waals surface area contributed by atoms with E-state index in [0.29, 0.717) is 28.2 Å². The summed E-state index contributed by atoms with van der Waals surface area (Å²) in [6, 6.07) is 22.0. The van der Waals surface area contributed by atoms with Crippen LogP contribution >= 0.6 is 11.8 Å². The Labute approximate surface area is 261 Å². The normalized spacial score (nSPS) is 14.7. The van der Waals surface area contributed by atoms with Crippen molar-refractivity contribution in [1.82, 2.24) is 14.8 Å². The van der Waals surface area contributed by atoms with Gasteiger partial charge in [0.2, 0.25) is 5.91 Å². The van der Waals surface area contributed by atoms with Gasteiger partial charge in [-0.2, -0.15) is 26.9 Å². The highest BCUT2D eigenvalue weighted by molar-refractivity contribution is 8.15. The third kappa shape index (κ3) is 6.13. The number of hydrogen-bond donors (Lipinski definition) is 1. The molecule has 1 fully saturated rings. The predicted octanol–water partition coefficient (Wildman–Crippen LogP) is 7.60. The van der Waals surface area contributed by atoms with Crippen LogP contribution in [0.1, 0.15) is 5.56 Å². The molecule has 15 heteroatoms. The second-order valence-corrected chi connectivity index (χ2v) is 10.9. The molecule has 9 nitrogen and oxygen atoms in total. The van der Waals surface area contributed by atoms with Crippen LogP contribution in [0.3, 0.4) is 0 Å². The van der Waals surface area contributed by atoms with Crippen LogP contribution in [0, 0.1) is 6.92 Å². The number of carbonyl (C=O) groups is 2. The average molecular weight is 653 g/mol. The third-order valence-corrected chi connectivity index (χ3v) is 7.79. The lowest BCUT2D eigenvalue weighted by Gasteiger charge is -2.20. The number of hydrogen-bond acceptors (Lipinski definition) is 6. The van der Waals surface area contributed by atoms with Crippen molar-refractivity contribution in [3.05, 3.63) is 96.8 Å². The zero-order valence-corrected chi connectivity index (χ0v) is 24.4. The van der Waals surface area contributed by atoms with Gasteiger partial charge in [0.15, 0.2) is 11.0 Å². The Bertz CT molecular complexity index is 1990. The number of nitrogens with zero attached hydrogens (tertiary/aromatic N) is 5. The maximum Gasteiger partial charge on any atom is 0.499 e. The molecule has 1 N–H and O–H groups in total. The Morgan fingerprint density at radius 1 is 0.978 bits per heavy atom. The second-order valence-electron chi connectivity index (χ2n) is 9.99. The molecule has 3 amide bonds. The Morgan fingerprint density at radius 3 is 2.46 bits per heavy atom. The minimum Gasteiger partial charge on any atom is -0.426 e. The molecule has 46 heavy (non-hydrogen) atoms. The fraction of sp³-hybridized carbons (Fsp3) is 0.129. The van der Waals surface area contributed by atoms with Crippen molar-refractivity contribution >= 4 is 51.0 Å². The van der Waals surface area contributed by atoms with E-state index in [4.69, 9.17) is 0 Å². The Balaban J connectivity index is 1.15. The summed E-state index contributed by atoms with van der Waals surface area (Å²) < 4.78 is 68.7. The molecule has 0 radical (unpaired) electrons. The van der Waals surface area contributed by atoms with E-state index < -0.39 is 24.1 Å². The molecule has 0 saturated carbocycles. The number of aryl methyl sites for hydroxylation is 1. The van der Waals surface area contributed by atoms with Gasteiger partial charge >= 0.3 is 18.3 Å².